The maximum atomic E-state index is 13.4. The number of rotatable bonds is 1. The van der Waals surface area contributed by atoms with Crippen LogP contribution in [0.15, 0.2) is 11.6 Å². The van der Waals surface area contributed by atoms with Crippen molar-refractivity contribution in [3.63, 3.8) is 0 Å². The lowest BCUT2D eigenvalue weighted by atomic mass is 9.45. The molecule has 4 heteroatoms. The fraction of sp³-hybridized carbons (Fsp3) is 0.762. The molecular formula is C21H29NO3. The fourth-order valence-electron chi connectivity index (χ4n) is 7.16. The number of hydrogen-bond acceptors (Lipinski definition) is 4. The van der Waals surface area contributed by atoms with Gasteiger partial charge >= 0.3 is 0 Å². The van der Waals surface area contributed by atoms with Crippen LogP contribution in [-0.2, 0) is 14.4 Å². The highest BCUT2D eigenvalue weighted by Gasteiger charge is 2.64. The van der Waals surface area contributed by atoms with Crippen molar-refractivity contribution in [2.75, 3.05) is 0 Å². The minimum atomic E-state index is -0.385. The van der Waals surface area contributed by atoms with Crippen molar-refractivity contribution in [1.29, 1.82) is 0 Å². The Hall–Kier alpha value is -1.29. The topological polar surface area (TPSA) is 77.2 Å². The molecule has 0 amide bonds. The molecule has 7 atom stereocenters. The van der Waals surface area contributed by atoms with Crippen molar-refractivity contribution < 1.29 is 14.4 Å². The van der Waals surface area contributed by atoms with Crippen LogP contribution in [0.5, 0.6) is 0 Å². The summed E-state index contributed by atoms with van der Waals surface area (Å²) in [6.45, 7) is 5.97. The molecule has 0 aliphatic heterocycles. The third-order valence-corrected chi connectivity index (χ3v) is 8.36. The van der Waals surface area contributed by atoms with Crippen molar-refractivity contribution >= 4 is 17.3 Å². The Labute approximate surface area is 149 Å². The van der Waals surface area contributed by atoms with Crippen molar-refractivity contribution in [1.82, 2.24) is 0 Å². The molecule has 4 aliphatic rings. The van der Waals surface area contributed by atoms with Gasteiger partial charge in [-0.3, -0.25) is 14.4 Å². The van der Waals surface area contributed by atoms with Gasteiger partial charge in [-0.15, -0.1) is 0 Å². The zero-order chi connectivity index (χ0) is 18.1. The van der Waals surface area contributed by atoms with Gasteiger partial charge in [0.25, 0.3) is 0 Å². The zero-order valence-electron chi connectivity index (χ0n) is 15.5. The van der Waals surface area contributed by atoms with Crippen LogP contribution in [0.1, 0.15) is 59.3 Å². The molecule has 0 aromatic heterocycles. The normalized spacial score (nSPS) is 49.1. The summed E-state index contributed by atoms with van der Waals surface area (Å²) in [5.41, 5.74) is 6.98. The fourth-order valence-corrected chi connectivity index (χ4v) is 7.16. The van der Waals surface area contributed by atoms with Gasteiger partial charge in [-0.1, -0.05) is 19.4 Å². The molecule has 0 spiro atoms. The van der Waals surface area contributed by atoms with Gasteiger partial charge in [0.2, 0.25) is 0 Å². The summed E-state index contributed by atoms with van der Waals surface area (Å²) in [5, 5.41) is 0. The second-order valence-electron chi connectivity index (χ2n) is 9.41. The highest BCUT2D eigenvalue weighted by Crippen LogP contribution is 2.65. The van der Waals surface area contributed by atoms with Crippen LogP contribution in [0.2, 0.25) is 0 Å². The largest absolute Gasteiger partial charge is 0.326 e. The summed E-state index contributed by atoms with van der Waals surface area (Å²) in [5.74, 6) is 1.27. The number of fused-ring (bicyclic) bond motifs is 5. The molecular weight excluding hydrogens is 314 g/mol. The number of nitrogens with two attached hydrogens (primary N) is 1. The first-order chi connectivity index (χ1) is 11.7. The molecule has 0 radical (unpaired) electrons. The van der Waals surface area contributed by atoms with Crippen molar-refractivity contribution in [2.24, 2.45) is 40.2 Å². The third-order valence-electron chi connectivity index (χ3n) is 8.36. The van der Waals surface area contributed by atoms with Crippen LogP contribution in [0.25, 0.3) is 0 Å². The lowest BCUT2D eigenvalue weighted by Crippen LogP contribution is -2.60. The smallest absolute Gasteiger partial charge is 0.157 e. The maximum Gasteiger partial charge on any atom is 0.157 e. The molecule has 0 aromatic rings. The summed E-state index contributed by atoms with van der Waals surface area (Å²) >= 11 is 0. The Morgan fingerprint density at radius 2 is 1.92 bits per heavy atom. The van der Waals surface area contributed by atoms with Crippen LogP contribution in [0, 0.1) is 34.5 Å². The van der Waals surface area contributed by atoms with E-state index in [-0.39, 0.29) is 46.1 Å². The van der Waals surface area contributed by atoms with E-state index in [1.807, 2.05) is 0 Å². The van der Waals surface area contributed by atoms with Crippen LogP contribution in [0.3, 0.4) is 0 Å². The number of ketones is 3. The van der Waals surface area contributed by atoms with E-state index in [1.165, 1.54) is 0 Å². The number of hydrogen-bond donors (Lipinski definition) is 1. The van der Waals surface area contributed by atoms with Gasteiger partial charge in [-0.25, -0.2) is 0 Å². The first-order valence-electron chi connectivity index (χ1n) is 9.72. The Morgan fingerprint density at radius 3 is 2.60 bits per heavy atom. The Kier molecular flexibility index (Phi) is 3.67. The molecule has 0 aromatic carbocycles. The van der Waals surface area contributed by atoms with Crippen LogP contribution in [-0.4, -0.2) is 23.4 Å². The number of Topliss-reactive ketones (excluding diaryl/α,β-unsaturated/α-hetero) is 2. The van der Waals surface area contributed by atoms with Gasteiger partial charge in [0.15, 0.2) is 5.78 Å². The first-order valence-corrected chi connectivity index (χ1v) is 9.72. The average molecular weight is 343 g/mol. The van der Waals surface area contributed by atoms with E-state index in [0.717, 1.165) is 31.3 Å². The molecule has 25 heavy (non-hydrogen) atoms. The lowest BCUT2D eigenvalue weighted by molar-refractivity contribution is -0.149. The summed E-state index contributed by atoms with van der Waals surface area (Å²) in [7, 11) is 0. The second kappa shape index (κ2) is 5.35. The number of carbonyl (C=O) groups excluding carboxylic acids is 3. The van der Waals surface area contributed by atoms with E-state index < -0.39 is 0 Å². The van der Waals surface area contributed by atoms with E-state index in [9.17, 15) is 14.4 Å². The molecule has 4 rings (SSSR count). The molecule has 4 nitrogen and oxygen atoms in total. The molecule has 2 N–H and O–H groups in total. The predicted molar refractivity (Wildman–Crippen MR) is 94.6 cm³/mol. The van der Waals surface area contributed by atoms with E-state index >= 15 is 0 Å². The highest BCUT2D eigenvalue weighted by molar-refractivity contribution is 5.94. The minimum absolute atomic E-state index is 0.0220. The SMILES string of the molecule is CC(=O)[C@H]1CC[C@H]2[C@@H]3CCC4=CC(=O)CC(N)[C@]4(C)[C@H]3C(=O)C[C@]12C. The van der Waals surface area contributed by atoms with E-state index in [2.05, 4.69) is 13.8 Å². The minimum Gasteiger partial charge on any atom is -0.326 e. The molecule has 0 bridgehead atoms. The average Bonchev–Trinajstić information content (AvgIpc) is 2.85. The Bertz CT molecular complexity index is 695. The first kappa shape index (κ1) is 17.1. The monoisotopic (exact) mass is 343 g/mol. The third kappa shape index (κ3) is 2.12. The molecule has 136 valence electrons. The quantitative estimate of drug-likeness (QED) is 0.794. The van der Waals surface area contributed by atoms with Gasteiger partial charge in [0, 0.05) is 36.1 Å². The van der Waals surface area contributed by atoms with E-state index in [1.54, 1.807) is 13.0 Å². The maximum absolute atomic E-state index is 13.4. The van der Waals surface area contributed by atoms with Crippen molar-refractivity contribution in [3.05, 3.63) is 11.6 Å². The molecule has 0 saturated heterocycles. The Morgan fingerprint density at radius 1 is 1.20 bits per heavy atom. The molecule has 3 fully saturated rings. The summed E-state index contributed by atoms with van der Waals surface area (Å²) in [6.07, 6.45) is 6.37. The van der Waals surface area contributed by atoms with E-state index in [4.69, 9.17) is 5.73 Å². The van der Waals surface area contributed by atoms with Crippen molar-refractivity contribution in [3.8, 4) is 0 Å². The molecule has 0 heterocycles. The molecule has 3 saturated carbocycles. The van der Waals surface area contributed by atoms with E-state index in [0.29, 0.717) is 24.7 Å². The lowest BCUT2D eigenvalue weighted by Gasteiger charge is -2.58. The van der Waals surface area contributed by atoms with Crippen LogP contribution in [0.4, 0.5) is 0 Å². The zero-order valence-corrected chi connectivity index (χ0v) is 15.5. The van der Waals surface area contributed by atoms with Gasteiger partial charge < -0.3 is 5.73 Å². The summed E-state index contributed by atoms with van der Waals surface area (Å²) in [6, 6.07) is -0.272. The standard InChI is InChI=1S/C21H29NO3/c1-11(23)15-6-7-16-14-5-4-12-8-13(24)9-18(22)21(12,3)19(14)17(25)10-20(15,16)2/h8,14-16,18-19H,4-7,9-10,22H2,1-3H3/t14-,15+,16-,18?,19+,20+,21+/m0/s1. The molecule has 1 unspecified atom stereocenters. The second-order valence-corrected chi connectivity index (χ2v) is 9.41. The summed E-state index contributed by atoms with van der Waals surface area (Å²) < 4.78 is 0. The van der Waals surface area contributed by atoms with Crippen LogP contribution < -0.4 is 5.73 Å². The van der Waals surface area contributed by atoms with Gasteiger partial charge in [0.1, 0.15) is 11.6 Å². The van der Waals surface area contributed by atoms with Crippen molar-refractivity contribution in [2.45, 2.75) is 65.3 Å². The molecule has 4 aliphatic carbocycles. The number of carbonyl (C=O) groups is 3. The van der Waals surface area contributed by atoms with Gasteiger partial charge in [-0.05, 0) is 55.9 Å². The van der Waals surface area contributed by atoms with Gasteiger partial charge in [0.05, 0.1) is 0 Å². The Balaban J connectivity index is 1.77. The predicted octanol–water partition coefficient (Wildman–Crippen LogP) is 2.84. The van der Waals surface area contributed by atoms with Gasteiger partial charge in [-0.2, -0.15) is 0 Å². The summed E-state index contributed by atoms with van der Waals surface area (Å²) in [4.78, 5) is 37.5. The van der Waals surface area contributed by atoms with Crippen LogP contribution >= 0.6 is 0 Å². The highest BCUT2D eigenvalue weighted by atomic mass is 16.1.